The molecule has 0 saturated heterocycles. The van der Waals surface area contributed by atoms with Gasteiger partial charge in [0.2, 0.25) is 0 Å². The minimum absolute atomic E-state index is 0.199. The fraction of sp³-hybridized carbons (Fsp3) is 0.571. The Bertz CT molecular complexity index is 806. The van der Waals surface area contributed by atoms with E-state index in [0.29, 0.717) is 36.0 Å². The largest absolute Gasteiger partial charge is 0.508 e. The van der Waals surface area contributed by atoms with Crippen molar-refractivity contribution in [2.75, 3.05) is 0 Å². The van der Waals surface area contributed by atoms with Gasteiger partial charge in [0.15, 0.2) is 0 Å². The minimum Gasteiger partial charge on any atom is -0.508 e. The van der Waals surface area contributed by atoms with Crippen molar-refractivity contribution in [3.05, 3.63) is 57.7 Å². The number of rotatable bonds is 12. The highest BCUT2D eigenvalue weighted by molar-refractivity contribution is 5.51. The second-order valence-corrected chi connectivity index (χ2v) is 9.65. The molecule has 0 aromatic heterocycles. The Balaban J connectivity index is 2.46. The van der Waals surface area contributed by atoms with Crippen LogP contribution in [0.5, 0.6) is 11.5 Å². The molecule has 0 saturated carbocycles. The van der Waals surface area contributed by atoms with Crippen LogP contribution in [0.25, 0.3) is 0 Å². The second-order valence-electron chi connectivity index (χ2n) is 9.65. The van der Waals surface area contributed by atoms with E-state index in [0.717, 1.165) is 32.1 Å². The molecule has 0 aliphatic heterocycles. The van der Waals surface area contributed by atoms with Gasteiger partial charge in [0.25, 0.3) is 0 Å². The molecule has 0 bridgehead atoms. The average Bonchev–Trinajstić information content (AvgIpc) is 2.67. The van der Waals surface area contributed by atoms with Gasteiger partial charge >= 0.3 is 0 Å². The lowest BCUT2D eigenvalue weighted by Gasteiger charge is -2.23. The van der Waals surface area contributed by atoms with Crippen molar-refractivity contribution in [2.45, 2.75) is 105 Å². The molecule has 0 aliphatic carbocycles. The maximum atomic E-state index is 10.8. The Morgan fingerprint density at radius 2 is 1.39 bits per heavy atom. The van der Waals surface area contributed by atoms with Gasteiger partial charge in [-0.25, -0.2) is 0 Å². The van der Waals surface area contributed by atoms with Crippen LogP contribution in [0.15, 0.2) is 41.0 Å². The van der Waals surface area contributed by atoms with Gasteiger partial charge in [0.1, 0.15) is 11.5 Å². The van der Waals surface area contributed by atoms with Gasteiger partial charge < -0.3 is 15.3 Å². The van der Waals surface area contributed by atoms with Crippen LogP contribution in [0.2, 0.25) is 0 Å². The summed E-state index contributed by atoms with van der Waals surface area (Å²) < 4.78 is 0. The topological polar surface area (TPSA) is 60.7 Å². The molecule has 0 aliphatic rings. The van der Waals surface area contributed by atoms with Gasteiger partial charge in [-0.15, -0.1) is 0 Å². The van der Waals surface area contributed by atoms with E-state index in [-0.39, 0.29) is 11.5 Å². The summed E-state index contributed by atoms with van der Waals surface area (Å²) in [7, 11) is 0. The zero-order valence-corrected chi connectivity index (χ0v) is 20.8. The highest BCUT2D eigenvalue weighted by atomic mass is 16.3. The first kappa shape index (κ1) is 27.0. The number of phenols is 2. The van der Waals surface area contributed by atoms with Crippen LogP contribution in [-0.2, 0) is 6.42 Å². The van der Waals surface area contributed by atoms with Crippen LogP contribution in [0.1, 0.15) is 96.3 Å². The lowest BCUT2D eigenvalue weighted by Crippen LogP contribution is -2.24. The minimum atomic E-state index is -0.807. The Hall–Kier alpha value is -2.00. The van der Waals surface area contributed by atoms with E-state index in [1.807, 2.05) is 6.92 Å². The van der Waals surface area contributed by atoms with E-state index in [9.17, 15) is 15.3 Å². The number of aliphatic hydroxyl groups is 1. The van der Waals surface area contributed by atoms with Gasteiger partial charge in [-0.05, 0) is 123 Å². The summed E-state index contributed by atoms with van der Waals surface area (Å²) in [6.07, 6.45) is 13.8. The molecule has 0 heterocycles. The molecule has 1 aromatic carbocycles. The van der Waals surface area contributed by atoms with E-state index < -0.39 is 5.60 Å². The molecule has 1 atom stereocenters. The SMILES string of the molecule is CC(C)=CCC/C(C)=C/CC/C(C)=C/CCC(C)(O)CCc1cc(O)c(C)c(C)c1O. The number of phenolic OH excluding ortho intramolecular Hbond substituents is 2. The molecule has 0 fully saturated rings. The number of hydrogen-bond donors (Lipinski definition) is 3. The third kappa shape index (κ3) is 10.2. The van der Waals surface area contributed by atoms with E-state index in [1.54, 1.807) is 19.9 Å². The van der Waals surface area contributed by atoms with Crippen LogP contribution >= 0.6 is 0 Å². The standard InChI is InChI=1S/C28H44O3/c1-20(2)11-8-12-21(3)13-9-14-22(4)15-10-17-28(7,31)18-16-25-19-26(29)23(5)24(6)27(25)30/h11,13,15,19,29-31H,8-10,12,14,16-18H2,1-7H3/b21-13+,22-15+. The van der Waals surface area contributed by atoms with Crippen molar-refractivity contribution < 1.29 is 15.3 Å². The molecule has 1 aromatic rings. The van der Waals surface area contributed by atoms with Crippen molar-refractivity contribution in [1.82, 2.24) is 0 Å². The summed E-state index contributed by atoms with van der Waals surface area (Å²) in [5, 5.41) is 31.1. The van der Waals surface area contributed by atoms with Crippen molar-refractivity contribution >= 4 is 0 Å². The summed E-state index contributed by atoms with van der Waals surface area (Å²) >= 11 is 0. The molecule has 1 rings (SSSR count). The Morgan fingerprint density at radius 3 is 1.97 bits per heavy atom. The van der Waals surface area contributed by atoms with Crippen LogP contribution < -0.4 is 0 Å². The summed E-state index contributed by atoms with van der Waals surface area (Å²) in [6.45, 7) is 14.1. The monoisotopic (exact) mass is 428 g/mol. The van der Waals surface area contributed by atoms with E-state index >= 15 is 0 Å². The van der Waals surface area contributed by atoms with Crippen molar-refractivity contribution in [1.29, 1.82) is 0 Å². The smallest absolute Gasteiger partial charge is 0.122 e. The highest BCUT2D eigenvalue weighted by Gasteiger charge is 2.21. The molecule has 1 unspecified atom stereocenters. The van der Waals surface area contributed by atoms with Crippen molar-refractivity contribution in [3.63, 3.8) is 0 Å². The quantitative estimate of drug-likeness (QED) is 0.237. The molecule has 0 amide bonds. The molecule has 3 heteroatoms. The third-order valence-corrected chi connectivity index (χ3v) is 6.15. The molecular weight excluding hydrogens is 384 g/mol. The summed E-state index contributed by atoms with van der Waals surface area (Å²) in [5.74, 6) is 0.427. The first-order chi connectivity index (χ1) is 14.4. The maximum absolute atomic E-state index is 10.8. The van der Waals surface area contributed by atoms with Gasteiger partial charge in [-0.2, -0.15) is 0 Å². The molecule has 0 spiro atoms. The molecule has 3 N–H and O–H groups in total. The first-order valence-corrected chi connectivity index (χ1v) is 11.6. The van der Waals surface area contributed by atoms with Crippen molar-refractivity contribution in [3.8, 4) is 11.5 Å². The third-order valence-electron chi connectivity index (χ3n) is 6.15. The fourth-order valence-corrected chi connectivity index (χ4v) is 3.64. The molecule has 31 heavy (non-hydrogen) atoms. The number of benzene rings is 1. The Labute approximate surface area is 190 Å². The summed E-state index contributed by atoms with van der Waals surface area (Å²) in [4.78, 5) is 0. The van der Waals surface area contributed by atoms with Gasteiger partial charge in [-0.1, -0.05) is 34.9 Å². The molecule has 3 nitrogen and oxygen atoms in total. The van der Waals surface area contributed by atoms with Crippen LogP contribution in [0, 0.1) is 13.8 Å². The Kier molecular flexibility index (Phi) is 11.1. The summed E-state index contributed by atoms with van der Waals surface area (Å²) in [5.41, 5.74) is 5.49. The van der Waals surface area contributed by atoms with Crippen LogP contribution in [0.3, 0.4) is 0 Å². The Morgan fingerprint density at radius 1 is 0.839 bits per heavy atom. The maximum Gasteiger partial charge on any atom is 0.122 e. The molecule has 174 valence electrons. The molecule has 0 radical (unpaired) electrons. The lowest BCUT2D eigenvalue weighted by atomic mass is 9.90. The highest BCUT2D eigenvalue weighted by Crippen LogP contribution is 2.33. The van der Waals surface area contributed by atoms with Crippen molar-refractivity contribution in [2.24, 2.45) is 0 Å². The van der Waals surface area contributed by atoms with Gasteiger partial charge in [0, 0.05) is 0 Å². The zero-order chi connectivity index (χ0) is 23.6. The van der Waals surface area contributed by atoms with Crippen LogP contribution in [0.4, 0.5) is 0 Å². The first-order valence-electron chi connectivity index (χ1n) is 11.6. The number of allylic oxidation sites excluding steroid dienone is 6. The fourth-order valence-electron chi connectivity index (χ4n) is 3.64. The van der Waals surface area contributed by atoms with E-state index in [1.165, 1.54) is 16.7 Å². The second kappa shape index (κ2) is 12.8. The van der Waals surface area contributed by atoms with E-state index in [2.05, 4.69) is 45.9 Å². The van der Waals surface area contributed by atoms with Gasteiger partial charge in [-0.3, -0.25) is 0 Å². The van der Waals surface area contributed by atoms with Crippen LogP contribution in [-0.4, -0.2) is 20.9 Å². The molecular formula is C28H44O3. The zero-order valence-electron chi connectivity index (χ0n) is 20.8. The normalized spacial score (nSPS) is 14.5. The van der Waals surface area contributed by atoms with Gasteiger partial charge in [0.05, 0.1) is 5.60 Å². The lowest BCUT2D eigenvalue weighted by molar-refractivity contribution is 0.0431. The predicted octanol–water partition coefficient (Wildman–Crippen LogP) is 7.60. The average molecular weight is 429 g/mol. The number of hydrogen-bond acceptors (Lipinski definition) is 3. The summed E-state index contributed by atoms with van der Waals surface area (Å²) in [6, 6.07) is 1.62. The predicted molar refractivity (Wildman–Crippen MR) is 133 cm³/mol. The van der Waals surface area contributed by atoms with E-state index in [4.69, 9.17) is 0 Å². The number of aryl methyl sites for hydroxylation is 1. The number of aromatic hydroxyl groups is 2.